The average Bonchev–Trinajstić information content (AvgIpc) is 2.74. The van der Waals surface area contributed by atoms with E-state index in [0.717, 1.165) is 17.0 Å². The number of carboxylic acids is 1. The number of benzene rings is 2. The van der Waals surface area contributed by atoms with Crippen LogP contribution in [0.5, 0.6) is 0 Å². The van der Waals surface area contributed by atoms with Crippen molar-refractivity contribution in [3.8, 4) is 0 Å². The van der Waals surface area contributed by atoms with Gasteiger partial charge in [0.05, 0.1) is 11.6 Å². The first-order valence-corrected chi connectivity index (χ1v) is 9.67. The van der Waals surface area contributed by atoms with Crippen molar-refractivity contribution >= 4 is 17.8 Å². The molecule has 2 aromatic carbocycles. The van der Waals surface area contributed by atoms with E-state index in [1.165, 1.54) is 24.1 Å². The number of carboxylic acid groups (broad SMARTS) is 1. The number of hydrogen-bond acceptors (Lipinski definition) is 4. The Morgan fingerprint density at radius 1 is 1.16 bits per heavy atom. The molecule has 2 aromatic rings. The highest BCUT2D eigenvalue weighted by Crippen LogP contribution is 2.32. The van der Waals surface area contributed by atoms with Crippen molar-refractivity contribution in [2.24, 2.45) is 0 Å². The SMILES string of the molecule is CN1C(=O)CO[C@@H](C(=O)N(CC(=O)O)Cc2cccc(C(F)(F)F)c2)[C@H]1c1ccccc1. The molecule has 0 aliphatic carbocycles. The predicted molar refractivity (Wildman–Crippen MR) is 106 cm³/mol. The summed E-state index contributed by atoms with van der Waals surface area (Å²) in [6.45, 7) is -1.48. The molecule has 0 unspecified atom stereocenters. The Bertz CT molecular complexity index is 997. The zero-order chi connectivity index (χ0) is 23.5. The first-order chi connectivity index (χ1) is 15.1. The van der Waals surface area contributed by atoms with Gasteiger partial charge in [0.1, 0.15) is 13.2 Å². The molecular weight excluding hydrogens is 429 g/mol. The van der Waals surface area contributed by atoms with E-state index in [-0.39, 0.29) is 24.6 Å². The average molecular weight is 450 g/mol. The van der Waals surface area contributed by atoms with Crippen LogP contribution in [0.4, 0.5) is 13.2 Å². The summed E-state index contributed by atoms with van der Waals surface area (Å²) in [7, 11) is 1.51. The standard InChI is InChI=1S/C22H21F3N2O5/c1-26-17(28)13-32-20(19(26)15-7-3-2-4-8-15)21(31)27(12-18(29)30)11-14-6-5-9-16(10-14)22(23,24)25/h2-10,19-20H,11-13H2,1H3,(H,29,30)/t19-,20-/m1/s1. The number of hydrogen-bond donors (Lipinski definition) is 1. The Kier molecular flexibility index (Phi) is 6.83. The number of nitrogens with zero attached hydrogens (tertiary/aromatic N) is 2. The van der Waals surface area contributed by atoms with Crippen LogP contribution in [-0.4, -0.2) is 59.0 Å². The minimum absolute atomic E-state index is 0.117. The third-order valence-electron chi connectivity index (χ3n) is 5.13. The Balaban J connectivity index is 1.92. The van der Waals surface area contributed by atoms with Crippen LogP contribution in [0.3, 0.4) is 0 Å². The van der Waals surface area contributed by atoms with Gasteiger partial charge < -0.3 is 19.6 Å². The van der Waals surface area contributed by atoms with Gasteiger partial charge >= 0.3 is 12.1 Å². The molecule has 32 heavy (non-hydrogen) atoms. The molecule has 0 saturated carbocycles. The first-order valence-electron chi connectivity index (χ1n) is 9.67. The number of alkyl halides is 3. The summed E-state index contributed by atoms with van der Waals surface area (Å²) < 4.78 is 44.7. The minimum atomic E-state index is -4.58. The number of carbonyl (C=O) groups excluding carboxylic acids is 2. The van der Waals surface area contributed by atoms with E-state index in [0.29, 0.717) is 5.56 Å². The highest BCUT2D eigenvalue weighted by Gasteiger charge is 2.42. The van der Waals surface area contributed by atoms with E-state index in [1.54, 1.807) is 30.3 Å². The molecule has 7 nitrogen and oxygen atoms in total. The summed E-state index contributed by atoms with van der Waals surface area (Å²) in [6, 6.07) is 12.1. The molecule has 10 heteroatoms. The highest BCUT2D eigenvalue weighted by atomic mass is 19.4. The Morgan fingerprint density at radius 2 is 1.84 bits per heavy atom. The van der Waals surface area contributed by atoms with Gasteiger partial charge in [-0.2, -0.15) is 13.2 Å². The monoisotopic (exact) mass is 450 g/mol. The van der Waals surface area contributed by atoms with Gasteiger partial charge in [-0.15, -0.1) is 0 Å². The molecule has 0 bridgehead atoms. The van der Waals surface area contributed by atoms with Crippen LogP contribution >= 0.6 is 0 Å². The van der Waals surface area contributed by atoms with E-state index < -0.39 is 42.3 Å². The van der Waals surface area contributed by atoms with Crippen molar-refractivity contribution in [1.82, 2.24) is 9.80 Å². The normalized spacial score (nSPS) is 19.0. The number of rotatable bonds is 6. The largest absolute Gasteiger partial charge is 0.480 e. The van der Waals surface area contributed by atoms with E-state index >= 15 is 0 Å². The lowest BCUT2D eigenvalue weighted by atomic mass is 9.97. The zero-order valence-electron chi connectivity index (χ0n) is 17.1. The molecule has 2 atom stereocenters. The maximum atomic E-state index is 13.3. The lowest BCUT2D eigenvalue weighted by Crippen LogP contribution is -2.54. The Hall–Kier alpha value is -3.40. The summed E-state index contributed by atoms with van der Waals surface area (Å²) in [5, 5.41) is 9.29. The number of carbonyl (C=O) groups is 3. The lowest BCUT2D eigenvalue weighted by molar-refractivity contribution is -0.169. The molecule has 3 rings (SSSR count). The number of likely N-dealkylation sites (N-methyl/N-ethyl adjacent to an activating group) is 1. The number of aliphatic carboxylic acids is 1. The van der Waals surface area contributed by atoms with Crippen molar-refractivity contribution in [2.45, 2.75) is 24.9 Å². The fourth-order valence-electron chi connectivity index (χ4n) is 3.59. The van der Waals surface area contributed by atoms with Crippen LogP contribution in [0.2, 0.25) is 0 Å². The Morgan fingerprint density at radius 3 is 2.47 bits per heavy atom. The van der Waals surface area contributed by atoms with Gasteiger partial charge in [-0.05, 0) is 23.3 Å². The molecular formula is C22H21F3N2O5. The topological polar surface area (TPSA) is 87.2 Å². The molecule has 0 radical (unpaired) electrons. The van der Waals surface area contributed by atoms with Crippen LogP contribution in [0.1, 0.15) is 22.7 Å². The molecule has 1 aliphatic heterocycles. The summed E-state index contributed by atoms with van der Waals surface area (Å²) in [4.78, 5) is 39.2. The fourth-order valence-corrected chi connectivity index (χ4v) is 3.59. The molecule has 0 spiro atoms. The van der Waals surface area contributed by atoms with Gasteiger partial charge in [-0.3, -0.25) is 14.4 Å². The molecule has 1 saturated heterocycles. The first kappa shape index (κ1) is 23.3. The van der Waals surface area contributed by atoms with E-state index in [9.17, 15) is 32.7 Å². The van der Waals surface area contributed by atoms with Crippen LogP contribution < -0.4 is 0 Å². The van der Waals surface area contributed by atoms with Gasteiger partial charge in [0.2, 0.25) is 5.91 Å². The summed E-state index contributed by atoms with van der Waals surface area (Å²) in [5.74, 6) is -2.43. The quantitative estimate of drug-likeness (QED) is 0.732. The molecule has 1 N–H and O–H groups in total. The molecule has 170 valence electrons. The zero-order valence-corrected chi connectivity index (χ0v) is 17.1. The molecule has 2 amide bonds. The van der Waals surface area contributed by atoms with Crippen molar-refractivity contribution in [3.05, 3.63) is 71.3 Å². The lowest BCUT2D eigenvalue weighted by Gasteiger charge is -2.40. The highest BCUT2D eigenvalue weighted by molar-refractivity contribution is 5.88. The number of halogens is 3. The van der Waals surface area contributed by atoms with Gasteiger partial charge in [0, 0.05) is 13.6 Å². The second-order valence-electron chi connectivity index (χ2n) is 7.38. The predicted octanol–water partition coefficient (Wildman–Crippen LogP) is 2.72. The number of morpholine rings is 1. The molecule has 1 fully saturated rings. The fraction of sp³-hybridized carbons (Fsp3) is 0.318. The van der Waals surface area contributed by atoms with Crippen molar-refractivity contribution in [2.75, 3.05) is 20.2 Å². The van der Waals surface area contributed by atoms with Gasteiger partial charge in [-0.1, -0.05) is 42.5 Å². The van der Waals surface area contributed by atoms with Crippen LogP contribution in [0, 0.1) is 0 Å². The smallest absolute Gasteiger partial charge is 0.416 e. The van der Waals surface area contributed by atoms with Gasteiger partial charge in [0.15, 0.2) is 6.10 Å². The molecule has 1 aliphatic rings. The van der Waals surface area contributed by atoms with Crippen LogP contribution in [0.15, 0.2) is 54.6 Å². The van der Waals surface area contributed by atoms with E-state index in [1.807, 2.05) is 0 Å². The third kappa shape index (κ3) is 5.25. The van der Waals surface area contributed by atoms with Crippen LogP contribution in [-0.2, 0) is 31.8 Å². The van der Waals surface area contributed by atoms with Crippen LogP contribution in [0.25, 0.3) is 0 Å². The summed E-state index contributed by atoms with van der Waals surface area (Å²) in [6.07, 6.45) is -5.80. The third-order valence-corrected chi connectivity index (χ3v) is 5.13. The minimum Gasteiger partial charge on any atom is -0.480 e. The Labute approximate surface area is 182 Å². The number of amides is 2. The van der Waals surface area contributed by atoms with Crippen molar-refractivity contribution in [3.63, 3.8) is 0 Å². The van der Waals surface area contributed by atoms with Gasteiger partial charge in [0.25, 0.3) is 5.91 Å². The summed E-state index contributed by atoms with van der Waals surface area (Å²) in [5.41, 5.74) is -0.180. The molecule has 0 aromatic heterocycles. The maximum Gasteiger partial charge on any atom is 0.416 e. The van der Waals surface area contributed by atoms with Crippen molar-refractivity contribution < 1.29 is 37.4 Å². The maximum absolute atomic E-state index is 13.3. The van der Waals surface area contributed by atoms with Crippen molar-refractivity contribution in [1.29, 1.82) is 0 Å². The number of ether oxygens (including phenoxy) is 1. The van der Waals surface area contributed by atoms with E-state index in [2.05, 4.69) is 0 Å². The molecule has 1 heterocycles. The van der Waals surface area contributed by atoms with Gasteiger partial charge in [-0.25, -0.2) is 0 Å². The second-order valence-corrected chi connectivity index (χ2v) is 7.38. The van der Waals surface area contributed by atoms with E-state index in [4.69, 9.17) is 4.74 Å². The summed E-state index contributed by atoms with van der Waals surface area (Å²) >= 11 is 0. The second kappa shape index (κ2) is 9.39.